The van der Waals surface area contributed by atoms with Crippen molar-refractivity contribution in [1.82, 2.24) is 4.98 Å². The van der Waals surface area contributed by atoms with E-state index in [1.165, 1.54) is 4.90 Å². The lowest BCUT2D eigenvalue weighted by Crippen LogP contribution is -1.99. The second-order valence-corrected chi connectivity index (χ2v) is 4.33. The molecule has 82 valence electrons. The van der Waals surface area contributed by atoms with Crippen LogP contribution in [0.1, 0.15) is 5.69 Å². The van der Waals surface area contributed by atoms with Gasteiger partial charge in [-0.05, 0) is 30.5 Å². The Morgan fingerprint density at radius 2 is 1.88 bits per heavy atom. The van der Waals surface area contributed by atoms with Crippen LogP contribution in [-0.2, 0) is 6.54 Å². The number of pyridine rings is 1. The maximum Gasteiger partial charge on any atom is 0.0705 e. The molecule has 0 bridgehead atoms. The van der Waals surface area contributed by atoms with Gasteiger partial charge in [0, 0.05) is 17.0 Å². The summed E-state index contributed by atoms with van der Waals surface area (Å²) in [6, 6.07) is 14.3. The van der Waals surface area contributed by atoms with Gasteiger partial charge < -0.3 is 5.73 Å². The van der Waals surface area contributed by atoms with Crippen molar-refractivity contribution < 1.29 is 0 Å². The first-order valence-electron chi connectivity index (χ1n) is 5.14. The summed E-state index contributed by atoms with van der Waals surface area (Å²) in [4.78, 5) is 5.75. The van der Waals surface area contributed by atoms with E-state index in [0.29, 0.717) is 6.54 Å². The Morgan fingerprint density at radius 3 is 2.50 bits per heavy atom. The van der Waals surface area contributed by atoms with Crippen molar-refractivity contribution in [3.8, 4) is 11.3 Å². The lowest BCUT2D eigenvalue weighted by atomic mass is 10.1. The van der Waals surface area contributed by atoms with Crippen LogP contribution in [0.25, 0.3) is 11.3 Å². The fraction of sp³-hybridized carbons (Fsp3) is 0.154. The van der Waals surface area contributed by atoms with Gasteiger partial charge in [-0.3, -0.25) is 4.98 Å². The summed E-state index contributed by atoms with van der Waals surface area (Å²) in [6.45, 7) is 0.483. The van der Waals surface area contributed by atoms with Crippen LogP contribution in [0.2, 0.25) is 0 Å². The van der Waals surface area contributed by atoms with Crippen LogP contribution in [0.5, 0.6) is 0 Å². The lowest BCUT2D eigenvalue weighted by molar-refractivity contribution is 0.993. The molecule has 2 N–H and O–H groups in total. The van der Waals surface area contributed by atoms with Crippen LogP contribution in [0.4, 0.5) is 0 Å². The largest absolute Gasteiger partial charge is 0.325 e. The Bertz CT molecular complexity index is 466. The Kier molecular flexibility index (Phi) is 3.59. The second-order valence-electron chi connectivity index (χ2n) is 3.45. The number of rotatable bonds is 3. The smallest absolute Gasteiger partial charge is 0.0705 e. The number of hydrogen-bond donors (Lipinski definition) is 1. The van der Waals surface area contributed by atoms with Crippen molar-refractivity contribution in [2.75, 3.05) is 6.26 Å². The van der Waals surface area contributed by atoms with Crippen LogP contribution >= 0.6 is 11.8 Å². The summed E-state index contributed by atoms with van der Waals surface area (Å²) >= 11 is 1.74. The van der Waals surface area contributed by atoms with Crippen LogP contribution in [0.3, 0.4) is 0 Å². The van der Waals surface area contributed by atoms with Crippen LogP contribution < -0.4 is 5.73 Å². The molecule has 0 saturated carbocycles. The Morgan fingerprint density at radius 1 is 1.12 bits per heavy atom. The molecule has 3 heteroatoms. The molecule has 1 aromatic heterocycles. The van der Waals surface area contributed by atoms with Gasteiger partial charge in [0.1, 0.15) is 0 Å². The zero-order valence-corrected chi connectivity index (χ0v) is 10.00. The summed E-state index contributed by atoms with van der Waals surface area (Å²) in [5, 5.41) is 0. The molecule has 0 amide bonds. The molecule has 0 saturated heterocycles. The van der Waals surface area contributed by atoms with Crippen molar-refractivity contribution in [2.45, 2.75) is 11.4 Å². The minimum atomic E-state index is 0.483. The van der Waals surface area contributed by atoms with E-state index in [0.717, 1.165) is 17.0 Å². The third kappa shape index (κ3) is 2.43. The monoisotopic (exact) mass is 230 g/mol. The highest BCUT2D eigenvalue weighted by atomic mass is 32.2. The van der Waals surface area contributed by atoms with Crippen LogP contribution in [0, 0.1) is 0 Å². The number of aromatic nitrogens is 1. The second kappa shape index (κ2) is 5.14. The first-order valence-corrected chi connectivity index (χ1v) is 6.36. The molecule has 2 nitrogen and oxygen atoms in total. The summed E-state index contributed by atoms with van der Waals surface area (Å²) in [6.07, 6.45) is 2.07. The molecule has 0 aliphatic heterocycles. The van der Waals surface area contributed by atoms with Gasteiger partial charge in [0.15, 0.2) is 0 Å². The van der Waals surface area contributed by atoms with E-state index < -0.39 is 0 Å². The van der Waals surface area contributed by atoms with E-state index >= 15 is 0 Å². The number of nitrogens with zero attached hydrogens (tertiary/aromatic N) is 1. The molecule has 0 spiro atoms. The first kappa shape index (κ1) is 11.2. The standard InChI is InChI=1S/C13H14N2S/c1-16-12-7-5-10(6-8-12)13-4-2-3-11(9-14)15-13/h2-8H,9,14H2,1H3. The van der Waals surface area contributed by atoms with E-state index in [4.69, 9.17) is 5.73 Å². The lowest BCUT2D eigenvalue weighted by Gasteiger charge is -2.04. The number of hydrogen-bond acceptors (Lipinski definition) is 3. The molecule has 0 atom stereocenters. The van der Waals surface area contributed by atoms with E-state index in [-0.39, 0.29) is 0 Å². The summed E-state index contributed by atoms with van der Waals surface area (Å²) < 4.78 is 0. The predicted octanol–water partition coefficient (Wildman–Crippen LogP) is 2.93. The van der Waals surface area contributed by atoms with Gasteiger partial charge >= 0.3 is 0 Å². The Balaban J connectivity index is 2.34. The van der Waals surface area contributed by atoms with Crippen molar-refractivity contribution >= 4 is 11.8 Å². The maximum atomic E-state index is 5.58. The molecular formula is C13H14N2S. The average molecular weight is 230 g/mol. The highest BCUT2D eigenvalue weighted by Gasteiger charge is 2.00. The van der Waals surface area contributed by atoms with E-state index in [1.54, 1.807) is 11.8 Å². The third-order valence-corrected chi connectivity index (χ3v) is 3.15. The number of thioether (sulfide) groups is 1. The summed E-state index contributed by atoms with van der Waals surface area (Å²) in [5.41, 5.74) is 8.61. The molecule has 2 aromatic rings. The first-order chi connectivity index (χ1) is 7.83. The fourth-order valence-electron chi connectivity index (χ4n) is 1.52. The quantitative estimate of drug-likeness (QED) is 0.824. The van der Waals surface area contributed by atoms with Gasteiger partial charge in [-0.1, -0.05) is 18.2 Å². The van der Waals surface area contributed by atoms with Crippen LogP contribution in [-0.4, -0.2) is 11.2 Å². The minimum Gasteiger partial charge on any atom is -0.325 e. The van der Waals surface area contributed by atoms with Gasteiger partial charge in [0.25, 0.3) is 0 Å². The summed E-state index contributed by atoms with van der Waals surface area (Å²) in [7, 11) is 0. The Hall–Kier alpha value is -1.32. The van der Waals surface area contributed by atoms with Crippen molar-refractivity contribution in [3.63, 3.8) is 0 Å². The Labute approximate surface area is 99.9 Å². The van der Waals surface area contributed by atoms with Gasteiger partial charge in [-0.2, -0.15) is 0 Å². The highest BCUT2D eigenvalue weighted by molar-refractivity contribution is 7.98. The molecular weight excluding hydrogens is 216 g/mol. The number of nitrogens with two attached hydrogens (primary N) is 1. The average Bonchev–Trinajstić information content (AvgIpc) is 2.39. The fourth-order valence-corrected chi connectivity index (χ4v) is 1.92. The van der Waals surface area contributed by atoms with E-state index in [2.05, 4.69) is 35.5 Å². The molecule has 0 fully saturated rings. The molecule has 0 unspecified atom stereocenters. The van der Waals surface area contributed by atoms with E-state index in [1.807, 2.05) is 18.2 Å². The molecule has 16 heavy (non-hydrogen) atoms. The normalized spacial score (nSPS) is 10.4. The zero-order valence-electron chi connectivity index (χ0n) is 9.18. The van der Waals surface area contributed by atoms with E-state index in [9.17, 15) is 0 Å². The predicted molar refractivity (Wildman–Crippen MR) is 69.3 cm³/mol. The maximum absolute atomic E-state index is 5.58. The molecule has 0 aliphatic rings. The SMILES string of the molecule is CSc1ccc(-c2cccc(CN)n2)cc1. The van der Waals surface area contributed by atoms with Crippen molar-refractivity contribution in [3.05, 3.63) is 48.2 Å². The molecule has 0 radical (unpaired) electrons. The molecule has 0 aliphatic carbocycles. The third-order valence-electron chi connectivity index (χ3n) is 2.40. The topological polar surface area (TPSA) is 38.9 Å². The molecule has 1 heterocycles. The zero-order chi connectivity index (χ0) is 11.4. The van der Waals surface area contributed by atoms with Crippen LogP contribution in [0.15, 0.2) is 47.4 Å². The number of benzene rings is 1. The van der Waals surface area contributed by atoms with Crippen molar-refractivity contribution in [1.29, 1.82) is 0 Å². The highest BCUT2D eigenvalue weighted by Crippen LogP contribution is 2.21. The molecule has 1 aromatic carbocycles. The molecule has 2 rings (SSSR count). The van der Waals surface area contributed by atoms with Gasteiger partial charge in [0.05, 0.1) is 11.4 Å². The van der Waals surface area contributed by atoms with Crippen molar-refractivity contribution in [2.24, 2.45) is 5.73 Å². The van der Waals surface area contributed by atoms with Gasteiger partial charge in [0.2, 0.25) is 0 Å². The summed E-state index contributed by atoms with van der Waals surface area (Å²) in [5.74, 6) is 0. The van der Waals surface area contributed by atoms with Gasteiger partial charge in [-0.15, -0.1) is 11.8 Å². The minimum absolute atomic E-state index is 0.483. The van der Waals surface area contributed by atoms with Gasteiger partial charge in [-0.25, -0.2) is 0 Å².